The normalized spacial score (nSPS) is 13.0. The van der Waals surface area contributed by atoms with Crippen LogP contribution >= 0.6 is 12.2 Å². The molecule has 6 heteroatoms. The van der Waals surface area contributed by atoms with Crippen LogP contribution in [0, 0.1) is 0 Å². The molecule has 0 atom stereocenters. The van der Waals surface area contributed by atoms with E-state index in [4.69, 9.17) is 12.2 Å². The summed E-state index contributed by atoms with van der Waals surface area (Å²) >= 11 is 5.38. The third kappa shape index (κ3) is 2.68. The fourth-order valence-electron chi connectivity index (χ4n) is 2.48. The molecule has 1 aliphatic rings. The Balaban J connectivity index is 1.86. The minimum Gasteiger partial charge on any atom is -0.331 e. The highest BCUT2D eigenvalue weighted by molar-refractivity contribution is 7.80. The number of rotatable bonds is 3. The summed E-state index contributed by atoms with van der Waals surface area (Å²) in [4.78, 5) is 25.1. The molecule has 0 spiro atoms. The van der Waals surface area contributed by atoms with Gasteiger partial charge in [-0.2, -0.15) is 5.01 Å². The van der Waals surface area contributed by atoms with Crippen molar-refractivity contribution in [2.24, 2.45) is 0 Å². The van der Waals surface area contributed by atoms with Crippen LogP contribution in [0.3, 0.4) is 0 Å². The van der Waals surface area contributed by atoms with Crippen molar-refractivity contribution < 1.29 is 9.59 Å². The van der Waals surface area contributed by atoms with Gasteiger partial charge in [-0.15, -0.1) is 0 Å². The van der Waals surface area contributed by atoms with Crippen molar-refractivity contribution in [3.05, 3.63) is 65.7 Å². The molecule has 0 radical (unpaired) electrons. The first-order valence-electron chi connectivity index (χ1n) is 7.24. The molecule has 1 heterocycles. The van der Waals surface area contributed by atoms with Crippen molar-refractivity contribution in [2.45, 2.75) is 6.92 Å². The lowest BCUT2D eigenvalue weighted by Crippen LogP contribution is -2.51. The summed E-state index contributed by atoms with van der Waals surface area (Å²) in [6.07, 6.45) is 0. The Labute approximate surface area is 139 Å². The van der Waals surface area contributed by atoms with Gasteiger partial charge in [0.05, 0.1) is 11.1 Å². The van der Waals surface area contributed by atoms with E-state index in [-0.39, 0.29) is 11.8 Å². The largest absolute Gasteiger partial charge is 0.331 e. The SMILES string of the molecule is CCN(C(=S)Nc1ccccc1)N1C(=O)c2ccccc2C1=O. The summed E-state index contributed by atoms with van der Waals surface area (Å²) in [6.45, 7) is 2.23. The molecule has 0 bridgehead atoms. The monoisotopic (exact) mass is 325 g/mol. The molecule has 1 N–H and O–H groups in total. The summed E-state index contributed by atoms with van der Waals surface area (Å²) < 4.78 is 0. The maximum absolute atomic E-state index is 12.5. The Morgan fingerprint density at radius 1 is 1.00 bits per heavy atom. The molecule has 0 saturated heterocycles. The number of carbonyl (C=O) groups excluding carboxylic acids is 2. The lowest BCUT2D eigenvalue weighted by molar-refractivity contribution is 0.0314. The molecule has 2 amide bonds. The Morgan fingerprint density at radius 3 is 2.04 bits per heavy atom. The second-order valence-corrected chi connectivity index (χ2v) is 5.37. The molecule has 3 rings (SSSR count). The van der Waals surface area contributed by atoms with Crippen molar-refractivity contribution in [3.8, 4) is 0 Å². The van der Waals surface area contributed by atoms with Gasteiger partial charge in [0, 0.05) is 12.2 Å². The number of thiocarbonyl (C=S) groups is 1. The number of amides is 2. The van der Waals surface area contributed by atoms with Gasteiger partial charge in [-0.05, 0) is 43.4 Å². The van der Waals surface area contributed by atoms with Crippen LogP contribution in [0.2, 0.25) is 0 Å². The molecule has 2 aromatic rings. The Bertz CT molecular complexity index is 741. The van der Waals surface area contributed by atoms with Gasteiger partial charge >= 0.3 is 0 Å². The first-order chi connectivity index (χ1) is 11.1. The van der Waals surface area contributed by atoms with Gasteiger partial charge in [0.2, 0.25) is 0 Å². The smallest absolute Gasteiger partial charge is 0.280 e. The van der Waals surface area contributed by atoms with Crippen LogP contribution in [0.1, 0.15) is 27.6 Å². The average molecular weight is 325 g/mol. The predicted octanol–water partition coefficient (Wildman–Crippen LogP) is 2.92. The van der Waals surface area contributed by atoms with Crippen molar-refractivity contribution >= 4 is 34.8 Å². The lowest BCUT2D eigenvalue weighted by Gasteiger charge is -2.31. The summed E-state index contributed by atoms with van der Waals surface area (Å²) in [7, 11) is 0. The molecule has 0 aliphatic carbocycles. The van der Waals surface area contributed by atoms with Gasteiger partial charge in [0.25, 0.3) is 11.8 Å². The molecule has 116 valence electrons. The van der Waals surface area contributed by atoms with E-state index >= 15 is 0 Å². The maximum atomic E-state index is 12.5. The van der Waals surface area contributed by atoms with E-state index in [1.54, 1.807) is 24.3 Å². The molecule has 5 nitrogen and oxygen atoms in total. The van der Waals surface area contributed by atoms with E-state index in [1.807, 2.05) is 37.3 Å². The van der Waals surface area contributed by atoms with Crippen LogP contribution in [0.15, 0.2) is 54.6 Å². The molecule has 0 fully saturated rings. The zero-order chi connectivity index (χ0) is 16.4. The summed E-state index contributed by atoms with van der Waals surface area (Å²) in [5.41, 5.74) is 1.60. The molecule has 1 aliphatic heterocycles. The quantitative estimate of drug-likeness (QED) is 0.695. The molecule has 0 saturated carbocycles. The highest BCUT2D eigenvalue weighted by atomic mass is 32.1. The number of nitrogens with one attached hydrogen (secondary N) is 1. The number of hydrogen-bond acceptors (Lipinski definition) is 3. The van der Waals surface area contributed by atoms with Crippen LogP contribution in [-0.4, -0.2) is 33.5 Å². The summed E-state index contributed by atoms with van der Waals surface area (Å²) in [6, 6.07) is 16.2. The number of anilines is 1. The van der Waals surface area contributed by atoms with E-state index in [0.29, 0.717) is 22.8 Å². The van der Waals surface area contributed by atoms with Crippen molar-refractivity contribution in [2.75, 3.05) is 11.9 Å². The fourth-order valence-corrected chi connectivity index (χ4v) is 2.81. The number of para-hydroxylation sites is 1. The minimum absolute atomic E-state index is 0.299. The van der Waals surface area contributed by atoms with E-state index in [9.17, 15) is 9.59 Å². The zero-order valence-corrected chi connectivity index (χ0v) is 13.3. The maximum Gasteiger partial charge on any atom is 0.280 e. The van der Waals surface area contributed by atoms with Gasteiger partial charge in [-0.25, -0.2) is 0 Å². The van der Waals surface area contributed by atoms with Crippen LogP contribution in [0.25, 0.3) is 0 Å². The fraction of sp³-hybridized carbons (Fsp3) is 0.118. The molecule has 23 heavy (non-hydrogen) atoms. The Morgan fingerprint density at radius 2 is 1.52 bits per heavy atom. The number of nitrogens with zero attached hydrogens (tertiary/aromatic N) is 2. The second kappa shape index (κ2) is 6.18. The lowest BCUT2D eigenvalue weighted by atomic mass is 10.1. The molecule has 0 unspecified atom stereocenters. The third-order valence-electron chi connectivity index (χ3n) is 3.57. The van der Waals surface area contributed by atoms with Gasteiger partial charge in [-0.3, -0.25) is 14.6 Å². The second-order valence-electron chi connectivity index (χ2n) is 4.98. The number of hydrazine groups is 1. The third-order valence-corrected chi connectivity index (χ3v) is 3.89. The zero-order valence-electron chi connectivity index (χ0n) is 12.5. The van der Waals surface area contributed by atoms with Crippen molar-refractivity contribution in [1.29, 1.82) is 0 Å². The minimum atomic E-state index is -0.357. The number of imide groups is 1. The first kappa shape index (κ1) is 15.2. The van der Waals surface area contributed by atoms with Crippen molar-refractivity contribution in [1.82, 2.24) is 10.0 Å². The molecular weight excluding hydrogens is 310 g/mol. The van der Waals surface area contributed by atoms with Crippen LogP contribution in [-0.2, 0) is 0 Å². The van der Waals surface area contributed by atoms with Crippen LogP contribution in [0.4, 0.5) is 5.69 Å². The highest BCUT2D eigenvalue weighted by Crippen LogP contribution is 2.24. The number of carbonyl (C=O) groups is 2. The van der Waals surface area contributed by atoms with Gasteiger partial charge < -0.3 is 5.32 Å². The predicted molar refractivity (Wildman–Crippen MR) is 92.0 cm³/mol. The standard InChI is InChI=1S/C17H15N3O2S/c1-2-19(17(23)18-12-8-4-3-5-9-12)20-15(21)13-10-6-7-11-14(13)16(20)22/h3-11H,2H2,1H3,(H,18,23). The average Bonchev–Trinajstić information content (AvgIpc) is 2.82. The van der Waals surface area contributed by atoms with Gasteiger partial charge in [0.15, 0.2) is 5.11 Å². The molecular formula is C17H15N3O2S. The van der Waals surface area contributed by atoms with E-state index in [2.05, 4.69) is 5.32 Å². The Kier molecular flexibility index (Phi) is 4.08. The highest BCUT2D eigenvalue weighted by Gasteiger charge is 2.39. The summed E-state index contributed by atoms with van der Waals surface area (Å²) in [5.74, 6) is -0.714. The number of fused-ring (bicyclic) bond motifs is 1. The number of benzene rings is 2. The van der Waals surface area contributed by atoms with E-state index in [0.717, 1.165) is 10.7 Å². The van der Waals surface area contributed by atoms with E-state index in [1.165, 1.54) is 5.01 Å². The molecule has 2 aromatic carbocycles. The van der Waals surface area contributed by atoms with Crippen LogP contribution < -0.4 is 5.32 Å². The van der Waals surface area contributed by atoms with Crippen molar-refractivity contribution in [3.63, 3.8) is 0 Å². The number of hydrogen-bond donors (Lipinski definition) is 1. The van der Waals surface area contributed by atoms with Gasteiger partial charge in [0.1, 0.15) is 0 Å². The summed E-state index contributed by atoms with van der Waals surface area (Å²) in [5, 5.41) is 5.93. The van der Waals surface area contributed by atoms with E-state index < -0.39 is 0 Å². The topological polar surface area (TPSA) is 52.6 Å². The first-order valence-corrected chi connectivity index (χ1v) is 7.65. The van der Waals surface area contributed by atoms with Crippen LogP contribution in [0.5, 0.6) is 0 Å². The van der Waals surface area contributed by atoms with Gasteiger partial charge in [-0.1, -0.05) is 30.3 Å². The Hall–Kier alpha value is -2.73. The molecule has 0 aromatic heterocycles.